The highest BCUT2D eigenvalue weighted by molar-refractivity contribution is 7.93. The largest absolute Gasteiger partial charge is 0.495 e. The molecule has 0 radical (unpaired) electrons. The van der Waals surface area contributed by atoms with Gasteiger partial charge in [0.05, 0.1) is 20.8 Å². The van der Waals surface area contributed by atoms with E-state index in [1.54, 1.807) is 6.07 Å². The van der Waals surface area contributed by atoms with Gasteiger partial charge in [0.25, 0.3) is 10.0 Å². The fourth-order valence-electron chi connectivity index (χ4n) is 2.28. The average molecular weight is 365 g/mol. The van der Waals surface area contributed by atoms with Crippen LogP contribution >= 0.6 is 0 Å². The number of rotatable bonds is 6. The molecule has 0 saturated carbocycles. The minimum absolute atomic E-state index is 0.0764. The van der Waals surface area contributed by atoms with Crippen molar-refractivity contribution in [3.05, 3.63) is 36.0 Å². The van der Waals surface area contributed by atoms with Crippen molar-refractivity contribution in [3.8, 4) is 11.5 Å². The zero-order chi connectivity index (χ0) is 18.0. The predicted octanol–water partition coefficient (Wildman–Crippen LogP) is 1.53. The van der Waals surface area contributed by atoms with Gasteiger partial charge in [0, 0.05) is 6.20 Å². The van der Waals surface area contributed by atoms with Gasteiger partial charge in [-0.3, -0.25) is 4.72 Å². The second-order valence-corrected chi connectivity index (χ2v) is 6.60. The van der Waals surface area contributed by atoms with Gasteiger partial charge < -0.3 is 19.1 Å². The first kappa shape index (κ1) is 17.0. The van der Waals surface area contributed by atoms with Gasteiger partial charge in [-0.2, -0.15) is 0 Å². The molecule has 0 saturated heterocycles. The van der Waals surface area contributed by atoms with Gasteiger partial charge >= 0.3 is 0 Å². The summed E-state index contributed by atoms with van der Waals surface area (Å²) in [5.74, 6) is 0.165. The quantitative estimate of drug-likeness (QED) is 0.674. The molecule has 3 rings (SSSR count). The lowest BCUT2D eigenvalue weighted by atomic mass is 10.3. The lowest BCUT2D eigenvalue weighted by Gasteiger charge is -2.13. The second-order valence-electron chi connectivity index (χ2n) is 4.98. The van der Waals surface area contributed by atoms with E-state index in [-0.39, 0.29) is 39.9 Å². The van der Waals surface area contributed by atoms with Crippen LogP contribution in [-0.4, -0.2) is 37.9 Å². The van der Waals surface area contributed by atoms with E-state index >= 15 is 0 Å². The molecule has 132 valence electrons. The maximum absolute atomic E-state index is 12.8. The Labute approximate surface area is 143 Å². The Kier molecular flexibility index (Phi) is 4.47. The molecule has 3 aromatic rings. The molecule has 0 aliphatic carbocycles. The van der Waals surface area contributed by atoms with E-state index in [0.29, 0.717) is 5.56 Å². The van der Waals surface area contributed by atoms with Gasteiger partial charge in [-0.15, -0.1) is 0 Å². The van der Waals surface area contributed by atoms with Crippen molar-refractivity contribution in [2.24, 2.45) is 0 Å². The van der Waals surface area contributed by atoms with Crippen molar-refractivity contribution in [1.82, 2.24) is 10.1 Å². The van der Waals surface area contributed by atoms with Gasteiger partial charge in [-0.1, -0.05) is 11.2 Å². The van der Waals surface area contributed by atoms with Crippen LogP contribution in [0.2, 0.25) is 0 Å². The van der Waals surface area contributed by atoms with Crippen LogP contribution in [0.15, 0.2) is 39.9 Å². The number of hydrogen-bond acceptors (Lipinski definition) is 8. The number of fused-ring (bicyclic) bond motifs is 1. The van der Waals surface area contributed by atoms with Gasteiger partial charge in [-0.25, -0.2) is 13.4 Å². The number of aliphatic hydroxyl groups excluding tert-OH is 1. The lowest BCUT2D eigenvalue weighted by Crippen LogP contribution is -2.15. The minimum atomic E-state index is -4.09. The molecule has 0 bridgehead atoms. The van der Waals surface area contributed by atoms with Crippen LogP contribution in [0.5, 0.6) is 11.5 Å². The number of aromatic nitrogens is 2. The fourth-order valence-corrected chi connectivity index (χ4v) is 3.61. The van der Waals surface area contributed by atoms with Crippen molar-refractivity contribution in [2.45, 2.75) is 11.5 Å². The number of aliphatic hydroxyl groups is 1. The molecule has 25 heavy (non-hydrogen) atoms. The molecule has 0 aliphatic heterocycles. The summed E-state index contributed by atoms with van der Waals surface area (Å²) >= 11 is 0. The molecule has 10 heteroatoms. The van der Waals surface area contributed by atoms with Crippen molar-refractivity contribution >= 4 is 26.9 Å². The number of sulfonamides is 1. The highest BCUT2D eigenvalue weighted by atomic mass is 32.2. The Morgan fingerprint density at radius 2 is 1.92 bits per heavy atom. The first-order valence-electron chi connectivity index (χ1n) is 7.09. The number of anilines is 1. The molecule has 2 heterocycles. The van der Waals surface area contributed by atoms with Crippen LogP contribution in [-0.2, 0) is 16.6 Å². The smallest absolute Gasteiger partial charge is 0.270 e. The van der Waals surface area contributed by atoms with Gasteiger partial charge in [-0.05, 0) is 23.8 Å². The maximum Gasteiger partial charge on any atom is 0.270 e. The van der Waals surface area contributed by atoms with Crippen molar-refractivity contribution in [2.75, 3.05) is 18.9 Å². The molecule has 1 aromatic carbocycles. The van der Waals surface area contributed by atoms with Crippen LogP contribution in [0, 0.1) is 0 Å². The molecule has 0 amide bonds. The monoisotopic (exact) mass is 365 g/mol. The summed E-state index contributed by atoms with van der Waals surface area (Å²) in [5.41, 5.74) is 0.982. The molecule has 0 spiro atoms. The lowest BCUT2D eigenvalue weighted by molar-refractivity contribution is 0.281. The molecule has 0 aliphatic rings. The summed E-state index contributed by atoms with van der Waals surface area (Å²) in [6, 6.07) is 6.14. The van der Waals surface area contributed by atoms with E-state index in [9.17, 15) is 8.42 Å². The van der Waals surface area contributed by atoms with E-state index in [4.69, 9.17) is 19.1 Å². The number of methoxy groups -OCH3 is 2. The van der Waals surface area contributed by atoms with E-state index in [0.717, 1.165) is 0 Å². The number of nitrogens with one attached hydrogen (secondary N) is 1. The highest BCUT2D eigenvalue weighted by Gasteiger charge is 2.27. The highest BCUT2D eigenvalue weighted by Crippen LogP contribution is 2.34. The number of nitrogens with zero attached hydrogens (tertiary/aromatic N) is 2. The fraction of sp³-hybridized carbons (Fsp3) is 0.200. The van der Waals surface area contributed by atoms with Crippen molar-refractivity contribution in [3.63, 3.8) is 0 Å². The zero-order valence-corrected chi connectivity index (χ0v) is 14.2. The molecule has 0 fully saturated rings. The SMILES string of the molecule is COc1cccc(OC)c1S(=O)(=O)Nc1noc2cc(CO)cnc12. The molecular formula is C15H15N3O6S. The van der Waals surface area contributed by atoms with Crippen molar-refractivity contribution in [1.29, 1.82) is 0 Å². The molecule has 2 N–H and O–H groups in total. The first-order valence-corrected chi connectivity index (χ1v) is 8.57. The van der Waals surface area contributed by atoms with Crippen LogP contribution < -0.4 is 14.2 Å². The van der Waals surface area contributed by atoms with Crippen LogP contribution in [0.3, 0.4) is 0 Å². The van der Waals surface area contributed by atoms with Gasteiger partial charge in [0.1, 0.15) is 11.5 Å². The van der Waals surface area contributed by atoms with E-state index < -0.39 is 10.0 Å². The van der Waals surface area contributed by atoms with Gasteiger partial charge in [0.15, 0.2) is 16.0 Å². The van der Waals surface area contributed by atoms with Crippen LogP contribution in [0.1, 0.15) is 5.56 Å². The van der Waals surface area contributed by atoms with Crippen LogP contribution in [0.25, 0.3) is 11.1 Å². The molecule has 9 nitrogen and oxygen atoms in total. The Morgan fingerprint density at radius 1 is 1.24 bits per heavy atom. The van der Waals surface area contributed by atoms with Crippen molar-refractivity contribution < 1.29 is 27.5 Å². The Hall–Kier alpha value is -2.85. The maximum atomic E-state index is 12.8. The summed E-state index contributed by atoms with van der Waals surface area (Å²) in [5, 5.41) is 12.8. The summed E-state index contributed by atoms with van der Waals surface area (Å²) in [6.45, 7) is -0.219. The third-order valence-electron chi connectivity index (χ3n) is 3.43. The summed E-state index contributed by atoms with van der Waals surface area (Å²) in [4.78, 5) is 3.91. The molecular weight excluding hydrogens is 350 g/mol. The summed E-state index contributed by atoms with van der Waals surface area (Å²) in [6.07, 6.45) is 1.40. The van der Waals surface area contributed by atoms with E-state index in [1.165, 1.54) is 38.6 Å². The molecule has 2 aromatic heterocycles. The van der Waals surface area contributed by atoms with E-state index in [1.807, 2.05) is 0 Å². The van der Waals surface area contributed by atoms with E-state index in [2.05, 4.69) is 14.9 Å². The Morgan fingerprint density at radius 3 is 2.52 bits per heavy atom. The number of benzene rings is 1. The Bertz CT molecular complexity index is 993. The summed E-state index contributed by atoms with van der Waals surface area (Å²) in [7, 11) is -1.37. The van der Waals surface area contributed by atoms with Crippen LogP contribution in [0.4, 0.5) is 5.82 Å². The molecule has 0 atom stereocenters. The zero-order valence-electron chi connectivity index (χ0n) is 13.4. The number of pyridine rings is 1. The average Bonchev–Trinajstić information content (AvgIpc) is 3.02. The minimum Gasteiger partial charge on any atom is -0.495 e. The number of hydrogen-bond donors (Lipinski definition) is 2. The second kappa shape index (κ2) is 6.57. The van der Waals surface area contributed by atoms with Gasteiger partial charge in [0.2, 0.25) is 5.82 Å². The third kappa shape index (κ3) is 3.08. The Balaban J connectivity index is 2.06. The summed E-state index contributed by atoms with van der Waals surface area (Å²) < 4.78 is 43.3. The standard InChI is InChI=1S/C15H15N3O6S/c1-22-10-4-3-5-11(23-2)14(10)25(20,21)18-15-13-12(24-17-15)6-9(8-19)7-16-13/h3-7,19H,8H2,1-2H3,(H,17,18). The topological polar surface area (TPSA) is 124 Å². The first-order chi connectivity index (χ1) is 12.0. The molecule has 0 unspecified atom stereocenters. The third-order valence-corrected chi connectivity index (χ3v) is 4.84. The number of ether oxygens (including phenoxy) is 2. The predicted molar refractivity (Wildman–Crippen MR) is 88.1 cm³/mol. The normalized spacial score (nSPS) is 11.5.